The Balaban J connectivity index is 1.62. The van der Waals surface area contributed by atoms with Gasteiger partial charge in [-0.3, -0.25) is 4.79 Å². The molecule has 1 aliphatic rings. The topological polar surface area (TPSA) is 66.9 Å². The standard InChI is InChI=1S/C26H27F3N2O4S2/c27-26(28,29)21-9-4-12-24(15-21)37(33,34)31(17-22-10-5-13-35-22)19-25(32)30(18-23-11-6-14-36-23)16-20-7-2-1-3-8-20/h1-4,6-9,11-12,14-15,22H,5,10,13,16-19H2. The second-order valence-electron chi connectivity index (χ2n) is 8.77. The van der Waals surface area contributed by atoms with Crippen LogP contribution in [0.3, 0.4) is 0 Å². The summed E-state index contributed by atoms with van der Waals surface area (Å²) in [6.07, 6.45) is -3.79. The highest BCUT2D eigenvalue weighted by Gasteiger charge is 2.35. The Morgan fingerprint density at radius 3 is 2.46 bits per heavy atom. The number of halogens is 3. The lowest BCUT2D eigenvalue weighted by Crippen LogP contribution is -2.45. The monoisotopic (exact) mass is 552 g/mol. The number of sulfonamides is 1. The largest absolute Gasteiger partial charge is 0.416 e. The lowest BCUT2D eigenvalue weighted by Gasteiger charge is -2.28. The molecule has 0 bridgehead atoms. The summed E-state index contributed by atoms with van der Waals surface area (Å²) in [6, 6.07) is 16.7. The number of ether oxygens (including phenoxy) is 1. The summed E-state index contributed by atoms with van der Waals surface area (Å²) in [5, 5.41) is 1.89. The average Bonchev–Trinajstić information content (AvgIpc) is 3.58. The molecule has 0 spiro atoms. The molecule has 1 amide bonds. The van der Waals surface area contributed by atoms with Crippen LogP contribution in [0.5, 0.6) is 0 Å². The van der Waals surface area contributed by atoms with Crippen molar-refractivity contribution in [3.63, 3.8) is 0 Å². The third kappa shape index (κ3) is 7.19. The number of thiophene rings is 1. The summed E-state index contributed by atoms with van der Waals surface area (Å²) in [5.41, 5.74) is -0.195. The summed E-state index contributed by atoms with van der Waals surface area (Å²) in [5.74, 6) is -0.453. The van der Waals surface area contributed by atoms with E-state index < -0.39 is 45.2 Å². The van der Waals surface area contributed by atoms with Crippen molar-refractivity contribution in [3.05, 3.63) is 88.1 Å². The van der Waals surface area contributed by atoms with Crippen molar-refractivity contribution in [2.24, 2.45) is 0 Å². The molecule has 0 N–H and O–H groups in total. The number of hydrogen-bond acceptors (Lipinski definition) is 5. The minimum absolute atomic E-state index is 0.123. The first kappa shape index (κ1) is 27.3. The van der Waals surface area contributed by atoms with Crippen LogP contribution in [0.15, 0.2) is 77.0 Å². The van der Waals surface area contributed by atoms with E-state index in [0.717, 1.165) is 39.4 Å². The third-order valence-corrected chi connectivity index (χ3v) is 8.71. The SMILES string of the molecule is O=C(CN(CC1CCCO1)S(=O)(=O)c1cccc(C(F)(F)F)c1)N(Cc1ccccc1)Cc1cccs1. The Bertz CT molecular complexity index is 1280. The zero-order valence-electron chi connectivity index (χ0n) is 19.9. The van der Waals surface area contributed by atoms with E-state index >= 15 is 0 Å². The van der Waals surface area contributed by atoms with E-state index in [1.807, 2.05) is 47.8 Å². The van der Waals surface area contributed by atoms with Crippen molar-refractivity contribution in [3.8, 4) is 0 Å². The summed E-state index contributed by atoms with van der Waals surface area (Å²) < 4.78 is 73.6. The van der Waals surface area contributed by atoms with Gasteiger partial charge in [-0.25, -0.2) is 8.42 Å². The fraction of sp³-hybridized carbons (Fsp3) is 0.346. The molecule has 1 fully saturated rings. The van der Waals surface area contributed by atoms with Crippen LogP contribution in [-0.4, -0.2) is 49.3 Å². The number of carbonyl (C=O) groups is 1. The van der Waals surface area contributed by atoms with Gasteiger partial charge in [0.1, 0.15) is 0 Å². The molecule has 1 unspecified atom stereocenters. The van der Waals surface area contributed by atoms with E-state index in [2.05, 4.69) is 0 Å². The van der Waals surface area contributed by atoms with Gasteiger partial charge in [0, 0.05) is 24.6 Å². The highest BCUT2D eigenvalue weighted by atomic mass is 32.2. The molecule has 2 aromatic carbocycles. The summed E-state index contributed by atoms with van der Waals surface area (Å²) in [7, 11) is -4.43. The van der Waals surface area contributed by atoms with Gasteiger partial charge in [0.15, 0.2) is 0 Å². The van der Waals surface area contributed by atoms with Crippen molar-refractivity contribution in [1.29, 1.82) is 0 Å². The Labute approximate surface area is 218 Å². The van der Waals surface area contributed by atoms with Crippen molar-refractivity contribution >= 4 is 27.3 Å². The Morgan fingerprint density at radius 2 is 1.81 bits per heavy atom. The lowest BCUT2D eigenvalue weighted by atomic mass is 10.2. The van der Waals surface area contributed by atoms with E-state index in [1.165, 1.54) is 11.3 Å². The highest BCUT2D eigenvalue weighted by Crippen LogP contribution is 2.31. The fourth-order valence-corrected chi connectivity index (χ4v) is 6.31. The second kappa shape index (κ2) is 11.8. The molecule has 6 nitrogen and oxygen atoms in total. The number of carbonyl (C=O) groups excluding carboxylic acids is 1. The predicted molar refractivity (Wildman–Crippen MR) is 134 cm³/mol. The van der Waals surface area contributed by atoms with E-state index in [1.54, 1.807) is 4.90 Å². The van der Waals surface area contributed by atoms with Gasteiger partial charge in [-0.2, -0.15) is 17.5 Å². The molecule has 1 aliphatic heterocycles. The zero-order chi connectivity index (χ0) is 26.5. The lowest BCUT2D eigenvalue weighted by molar-refractivity contribution is -0.137. The number of hydrogen-bond donors (Lipinski definition) is 0. The molecule has 37 heavy (non-hydrogen) atoms. The summed E-state index contributed by atoms with van der Waals surface area (Å²) in [6.45, 7) is 0.367. The average molecular weight is 553 g/mol. The maximum Gasteiger partial charge on any atom is 0.416 e. The third-order valence-electron chi connectivity index (χ3n) is 6.04. The quantitative estimate of drug-likeness (QED) is 0.348. The summed E-state index contributed by atoms with van der Waals surface area (Å²) in [4.78, 5) is 15.5. The number of benzene rings is 2. The van der Waals surface area contributed by atoms with Gasteiger partial charge >= 0.3 is 6.18 Å². The number of amides is 1. The van der Waals surface area contributed by atoms with Crippen molar-refractivity contribution in [2.75, 3.05) is 19.7 Å². The van der Waals surface area contributed by atoms with Gasteiger partial charge in [-0.1, -0.05) is 42.5 Å². The molecule has 0 aliphatic carbocycles. The van der Waals surface area contributed by atoms with Crippen LogP contribution in [0.4, 0.5) is 13.2 Å². The van der Waals surface area contributed by atoms with Gasteiger partial charge in [-0.15, -0.1) is 11.3 Å². The molecule has 4 rings (SSSR count). The van der Waals surface area contributed by atoms with Crippen LogP contribution in [0.2, 0.25) is 0 Å². The van der Waals surface area contributed by atoms with Crippen LogP contribution in [-0.2, 0) is 38.8 Å². The van der Waals surface area contributed by atoms with Crippen molar-refractivity contribution < 1.29 is 31.1 Å². The van der Waals surface area contributed by atoms with Crippen LogP contribution in [0.25, 0.3) is 0 Å². The molecule has 3 aromatic rings. The van der Waals surface area contributed by atoms with Gasteiger partial charge in [0.2, 0.25) is 15.9 Å². The Kier molecular flexibility index (Phi) is 8.68. The molecule has 1 atom stereocenters. The van der Waals surface area contributed by atoms with E-state index in [4.69, 9.17) is 4.74 Å². The minimum atomic E-state index is -4.70. The molecular weight excluding hydrogens is 525 g/mol. The Morgan fingerprint density at radius 1 is 1.03 bits per heavy atom. The van der Waals surface area contributed by atoms with E-state index in [-0.39, 0.29) is 19.6 Å². The second-order valence-corrected chi connectivity index (χ2v) is 11.7. The van der Waals surface area contributed by atoms with Crippen LogP contribution in [0, 0.1) is 0 Å². The zero-order valence-corrected chi connectivity index (χ0v) is 21.6. The molecule has 11 heteroatoms. The van der Waals surface area contributed by atoms with Crippen molar-refractivity contribution in [2.45, 2.75) is 43.1 Å². The fourth-order valence-electron chi connectivity index (χ4n) is 4.12. The van der Waals surface area contributed by atoms with E-state index in [0.29, 0.717) is 19.1 Å². The highest BCUT2D eigenvalue weighted by molar-refractivity contribution is 7.89. The number of rotatable bonds is 10. The predicted octanol–water partition coefficient (Wildman–Crippen LogP) is 5.17. The molecule has 2 heterocycles. The van der Waals surface area contributed by atoms with Gasteiger partial charge < -0.3 is 9.64 Å². The molecule has 1 aromatic heterocycles. The maximum absolute atomic E-state index is 13.6. The molecule has 1 saturated heterocycles. The molecular formula is C26H27F3N2O4S2. The molecule has 198 valence electrons. The van der Waals surface area contributed by atoms with Gasteiger partial charge in [0.05, 0.1) is 29.7 Å². The minimum Gasteiger partial charge on any atom is -0.377 e. The maximum atomic E-state index is 13.6. The van der Waals surface area contributed by atoms with Crippen LogP contribution in [0.1, 0.15) is 28.8 Å². The van der Waals surface area contributed by atoms with Crippen LogP contribution < -0.4 is 0 Å². The van der Waals surface area contributed by atoms with E-state index in [9.17, 15) is 26.4 Å². The van der Waals surface area contributed by atoms with Gasteiger partial charge in [0.25, 0.3) is 0 Å². The first-order valence-corrected chi connectivity index (χ1v) is 14.1. The first-order chi connectivity index (χ1) is 17.6. The van der Waals surface area contributed by atoms with Crippen LogP contribution >= 0.6 is 11.3 Å². The van der Waals surface area contributed by atoms with Gasteiger partial charge in [-0.05, 0) is 48.1 Å². The smallest absolute Gasteiger partial charge is 0.377 e. The molecule has 0 saturated carbocycles. The first-order valence-electron chi connectivity index (χ1n) is 11.8. The normalized spacial score (nSPS) is 16.3. The summed E-state index contributed by atoms with van der Waals surface area (Å²) >= 11 is 1.48. The number of alkyl halides is 3. The Hall–Kier alpha value is -2.73. The molecule has 0 radical (unpaired) electrons. The number of nitrogens with zero attached hydrogens (tertiary/aromatic N) is 2. The van der Waals surface area contributed by atoms with Crippen molar-refractivity contribution in [1.82, 2.24) is 9.21 Å².